The average molecular weight is 573 g/mol. The zero-order valence-corrected chi connectivity index (χ0v) is 25.5. The molecular weight excluding hydrogens is 524 g/mol. The molecule has 7 rings (SSSR count). The molecule has 7 nitrogen and oxygen atoms in total. The predicted octanol–water partition coefficient (Wildman–Crippen LogP) is 6.42. The van der Waals surface area contributed by atoms with Crippen molar-refractivity contribution < 1.29 is 9.90 Å². The van der Waals surface area contributed by atoms with Gasteiger partial charge in [0.05, 0.1) is 22.6 Å². The largest absolute Gasteiger partial charge is 0.478 e. The van der Waals surface area contributed by atoms with Crippen molar-refractivity contribution in [3.63, 3.8) is 0 Å². The summed E-state index contributed by atoms with van der Waals surface area (Å²) in [6, 6.07) is 9.45. The van der Waals surface area contributed by atoms with E-state index in [9.17, 15) is 14.7 Å². The van der Waals surface area contributed by atoms with Gasteiger partial charge in [-0.3, -0.25) is 9.69 Å². The molecule has 1 N–H and O–H groups in total. The number of rotatable bonds is 6. The highest BCUT2D eigenvalue weighted by Gasteiger charge is 2.47. The number of para-hydroxylation sites is 2. The number of aliphatic carboxylic acids is 1. The average Bonchev–Trinajstić information content (AvgIpc) is 3.27. The summed E-state index contributed by atoms with van der Waals surface area (Å²) in [6.07, 6.45) is 15.0. The molecule has 3 aliphatic heterocycles. The molecule has 5 fully saturated rings. The summed E-state index contributed by atoms with van der Waals surface area (Å²) in [4.78, 5) is 35.7. The number of carboxylic acids is 1. The van der Waals surface area contributed by atoms with E-state index in [1.54, 1.807) is 0 Å². The molecule has 2 aromatic rings. The van der Waals surface area contributed by atoms with Gasteiger partial charge in [0.1, 0.15) is 0 Å². The van der Waals surface area contributed by atoms with Crippen LogP contribution in [0.5, 0.6) is 0 Å². The maximum absolute atomic E-state index is 14.3. The zero-order chi connectivity index (χ0) is 29.1. The fourth-order valence-electron chi connectivity index (χ4n) is 9.88. The van der Waals surface area contributed by atoms with Crippen molar-refractivity contribution in [3.8, 4) is 0 Å². The van der Waals surface area contributed by atoms with Gasteiger partial charge < -0.3 is 14.6 Å². The monoisotopic (exact) mass is 572 g/mol. The molecular formula is C35H48N4O3. The van der Waals surface area contributed by atoms with Crippen LogP contribution in [0.2, 0.25) is 0 Å². The Kier molecular flexibility index (Phi) is 7.44. The molecule has 7 atom stereocenters. The molecule has 4 bridgehead atoms. The van der Waals surface area contributed by atoms with Gasteiger partial charge >= 0.3 is 5.97 Å². The van der Waals surface area contributed by atoms with Gasteiger partial charge in [0, 0.05) is 30.7 Å². The topological polar surface area (TPSA) is 78.7 Å². The third-order valence-electron chi connectivity index (χ3n) is 12.1. The molecule has 1 aromatic carbocycles. The van der Waals surface area contributed by atoms with E-state index in [0.29, 0.717) is 42.8 Å². The van der Waals surface area contributed by atoms with E-state index in [4.69, 9.17) is 4.98 Å². The van der Waals surface area contributed by atoms with E-state index in [-0.39, 0.29) is 23.2 Å². The second-order valence-electron chi connectivity index (χ2n) is 14.5. The molecule has 2 aliphatic carbocycles. The normalized spacial score (nSPS) is 36.7. The Balaban J connectivity index is 1.22. The first-order chi connectivity index (χ1) is 20.3. The number of hydrogen-bond acceptors (Lipinski definition) is 5. The summed E-state index contributed by atoms with van der Waals surface area (Å²) in [5.74, 6) is 2.67. The van der Waals surface area contributed by atoms with Crippen LogP contribution in [0.1, 0.15) is 96.9 Å². The highest BCUT2D eigenvalue weighted by atomic mass is 16.4. The van der Waals surface area contributed by atoms with Crippen molar-refractivity contribution in [2.45, 2.75) is 121 Å². The van der Waals surface area contributed by atoms with Crippen LogP contribution in [0.3, 0.4) is 0 Å². The zero-order valence-electron chi connectivity index (χ0n) is 25.5. The number of carbonyl (C=O) groups is 1. The first kappa shape index (κ1) is 28.1. The summed E-state index contributed by atoms with van der Waals surface area (Å²) >= 11 is 0. The minimum atomic E-state index is -1.01. The first-order valence-corrected chi connectivity index (χ1v) is 16.8. The molecule has 1 aromatic heterocycles. The fourth-order valence-corrected chi connectivity index (χ4v) is 9.88. The molecule has 7 heteroatoms. The number of benzene rings is 1. The number of aromatic nitrogens is 2. The van der Waals surface area contributed by atoms with E-state index in [1.165, 1.54) is 57.8 Å². The van der Waals surface area contributed by atoms with E-state index < -0.39 is 5.97 Å². The molecule has 0 amide bonds. The van der Waals surface area contributed by atoms with Crippen molar-refractivity contribution in [2.75, 3.05) is 11.4 Å². The molecule has 3 saturated heterocycles. The molecule has 226 valence electrons. The van der Waals surface area contributed by atoms with Gasteiger partial charge in [-0.2, -0.15) is 0 Å². The van der Waals surface area contributed by atoms with E-state index in [1.807, 2.05) is 29.2 Å². The lowest BCUT2D eigenvalue weighted by Gasteiger charge is -2.56. The van der Waals surface area contributed by atoms with Gasteiger partial charge in [-0.25, -0.2) is 9.78 Å². The van der Waals surface area contributed by atoms with Gasteiger partial charge in [-0.1, -0.05) is 51.8 Å². The van der Waals surface area contributed by atoms with Crippen molar-refractivity contribution in [2.24, 2.45) is 23.7 Å². The predicted molar refractivity (Wildman–Crippen MR) is 167 cm³/mol. The highest BCUT2D eigenvalue weighted by Crippen LogP contribution is 2.49. The van der Waals surface area contributed by atoms with Crippen LogP contribution >= 0.6 is 0 Å². The SMILES string of the molecule is C=C(C(=O)O)C1CCN1c1nc2ccccc2n(C2CC3CCC(C)C(C2)N3C2CC3CCC(CC(CC)C3)C2)c1=O. The summed E-state index contributed by atoms with van der Waals surface area (Å²) in [7, 11) is 0. The quantitative estimate of drug-likeness (QED) is 0.403. The van der Waals surface area contributed by atoms with E-state index in [2.05, 4.69) is 29.9 Å². The number of carboxylic acid groups (broad SMARTS) is 1. The summed E-state index contributed by atoms with van der Waals surface area (Å²) in [6.45, 7) is 9.27. The number of nitrogens with zero attached hydrogens (tertiary/aromatic N) is 4. The van der Waals surface area contributed by atoms with Crippen LogP contribution < -0.4 is 10.5 Å². The Morgan fingerprint density at radius 1 is 0.952 bits per heavy atom. The molecule has 0 radical (unpaired) electrons. The van der Waals surface area contributed by atoms with Crippen LogP contribution in [0.4, 0.5) is 5.82 Å². The van der Waals surface area contributed by atoms with Gasteiger partial charge in [0.15, 0.2) is 5.82 Å². The molecule has 7 unspecified atom stereocenters. The third-order valence-corrected chi connectivity index (χ3v) is 12.1. The van der Waals surface area contributed by atoms with Crippen molar-refractivity contribution in [1.29, 1.82) is 0 Å². The standard InChI is InChI=1S/C35H48N4O3/c1-4-23-15-24-10-11-25(16-23)18-27(17-24)38-26-12-9-21(2)32(38)20-28(19-26)39-31-8-6-5-7-29(31)36-33(34(39)40)37-14-13-30(37)22(3)35(41)42/h5-8,21,23-28,30,32H,3-4,9-20H2,1-2H3,(H,41,42). The number of piperidine rings is 2. The minimum Gasteiger partial charge on any atom is -0.478 e. The van der Waals surface area contributed by atoms with Crippen LogP contribution in [-0.2, 0) is 4.79 Å². The van der Waals surface area contributed by atoms with Crippen LogP contribution in [0.25, 0.3) is 11.0 Å². The molecule has 42 heavy (non-hydrogen) atoms. The lowest BCUT2D eigenvalue weighted by molar-refractivity contribution is -0.133. The Morgan fingerprint density at radius 3 is 2.36 bits per heavy atom. The van der Waals surface area contributed by atoms with Gasteiger partial charge in [-0.05, 0) is 93.6 Å². The Bertz CT molecular complexity index is 1400. The van der Waals surface area contributed by atoms with Gasteiger partial charge in [-0.15, -0.1) is 0 Å². The summed E-state index contributed by atoms with van der Waals surface area (Å²) in [5.41, 5.74) is 1.77. The van der Waals surface area contributed by atoms with Crippen molar-refractivity contribution in [3.05, 3.63) is 46.8 Å². The molecule has 0 spiro atoms. The Hall–Kier alpha value is -2.67. The maximum Gasteiger partial charge on any atom is 0.333 e. The van der Waals surface area contributed by atoms with Crippen LogP contribution in [-0.4, -0.2) is 56.2 Å². The van der Waals surface area contributed by atoms with E-state index in [0.717, 1.165) is 41.6 Å². The summed E-state index contributed by atoms with van der Waals surface area (Å²) in [5, 5.41) is 9.59. The van der Waals surface area contributed by atoms with Crippen molar-refractivity contribution >= 4 is 22.8 Å². The smallest absolute Gasteiger partial charge is 0.333 e. The Labute approximate surface area is 250 Å². The van der Waals surface area contributed by atoms with Gasteiger partial charge in [0.2, 0.25) is 0 Å². The van der Waals surface area contributed by atoms with Gasteiger partial charge in [0.25, 0.3) is 5.56 Å². The van der Waals surface area contributed by atoms with Crippen LogP contribution in [0.15, 0.2) is 41.2 Å². The minimum absolute atomic E-state index is 0.0737. The third kappa shape index (κ3) is 4.80. The van der Waals surface area contributed by atoms with Crippen LogP contribution in [0, 0.1) is 23.7 Å². The second kappa shape index (κ2) is 11.1. The first-order valence-electron chi connectivity index (χ1n) is 16.8. The second-order valence-corrected chi connectivity index (χ2v) is 14.5. The summed E-state index contributed by atoms with van der Waals surface area (Å²) < 4.78 is 2.06. The lowest BCUT2D eigenvalue weighted by Crippen LogP contribution is -2.60. The van der Waals surface area contributed by atoms with Crippen molar-refractivity contribution in [1.82, 2.24) is 14.5 Å². The number of anilines is 1. The lowest BCUT2D eigenvalue weighted by atomic mass is 9.73. The number of hydrogen-bond donors (Lipinski definition) is 1. The maximum atomic E-state index is 14.3. The van der Waals surface area contributed by atoms with E-state index >= 15 is 0 Å². The number of fused-ring (bicyclic) bond motifs is 6. The Morgan fingerprint density at radius 2 is 1.69 bits per heavy atom. The molecule has 4 heterocycles. The fraction of sp³-hybridized carbons (Fsp3) is 0.686. The molecule has 5 aliphatic rings. The molecule has 2 saturated carbocycles. The highest BCUT2D eigenvalue weighted by molar-refractivity contribution is 5.88.